The lowest BCUT2D eigenvalue weighted by Crippen LogP contribution is -2.61. The highest BCUT2D eigenvalue weighted by atomic mass is 16.5. The summed E-state index contributed by atoms with van der Waals surface area (Å²) in [7, 11) is 0. The maximum Gasteiger partial charge on any atom is 0.267 e. The molecule has 154 valence electrons. The van der Waals surface area contributed by atoms with Crippen molar-refractivity contribution in [3.63, 3.8) is 0 Å². The SMILES string of the molecule is CC(C)(N)[C@H](NC(=O)c1ccc(C#CC#CC2CC2(CO)CO)cc1)C(=O)NO. The zero-order chi connectivity index (χ0) is 21.7. The molecule has 0 bridgehead atoms. The summed E-state index contributed by atoms with van der Waals surface area (Å²) < 4.78 is 0. The fraction of sp³-hybridized carbons (Fsp3) is 0.429. The van der Waals surface area contributed by atoms with Crippen LogP contribution < -0.4 is 16.5 Å². The average molecular weight is 399 g/mol. The van der Waals surface area contributed by atoms with E-state index in [9.17, 15) is 19.8 Å². The summed E-state index contributed by atoms with van der Waals surface area (Å²) in [6.07, 6.45) is 0.660. The number of rotatable bonds is 6. The molecule has 2 atom stereocenters. The third-order valence-electron chi connectivity index (χ3n) is 4.87. The monoisotopic (exact) mass is 399 g/mol. The molecule has 0 spiro atoms. The molecule has 29 heavy (non-hydrogen) atoms. The number of carbonyl (C=O) groups is 2. The first-order valence-corrected chi connectivity index (χ1v) is 9.04. The standard InChI is InChI=1S/C21H25N3O5/c1-20(2,22)17(19(28)24-29)23-18(27)15-9-7-14(8-10-15)5-3-4-6-16-11-21(16,12-25)13-26/h7-10,16-17,25-26,29H,11-13,22H2,1-2H3,(H,23,27)(H,24,28)/t16?,17-/m1/s1. The molecule has 1 fully saturated rings. The Labute approximate surface area is 169 Å². The van der Waals surface area contributed by atoms with Crippen LogP contribution in [-0.2, 0) is 4.79 Å². The van der Waals surface area contributed by atoms with Crippen molar-refractivity contribution in [1.82, 2.24) is 10.8 Å². The molecule has 1 aliphatic carbocycles. The minimum absolute atomic E-state index is 0.0475. The smallest absolute Gasteiger partial charge is 0.267 e. The lowest BCUT2D eigenvalue weighted by molar-refractivity contribution is -0.132. The van der Waals surface area contributed by atoms with Crippen molar-refractivity contribution >= 4 is 11.8 Å². The summed E-state index contributed by atoms with van der Waals surface area (Å²) in [5.74, 6) is 9.83. The Bertz CT molecular complexity index is 877. The zero-order valence-corrected chi connectivity index (χ0v) is 16.3. The fourth-order valence-electron chi connectivity index (χ4n) is 2.75. The molecule has 0 saturated heterocycles. The number of amides is 2. The minimum Gasteiger partial charge on any atom is -0.396 e. The number of aliphatic hydroxyl groups is 2. The van der Waals surface area contributed by atoms with Crippen molar-refractivity contribution in [1.29, 1.82) is 0 Å². The van der Waals surface area contributed by atoms with Crippen LogP contribution in [0, 0.1) is 35.0 Å². The maximum absolute atomic E-state index is 12.4. The Morgan fingerprint density at radius 3 is 2.34 bits per heavy atom. The molecule has 7 N–H and O–H groups in total. The van der Waals surface area contributed by atoms with Gasteiger partial charge in [0.25, 0.3) is 11.8 Å². The number of nitrogens with one attached hydrogen (secondary N) is 2. The van der Waals surface area contributed by atoms with E-state index in [1.54, 1.807) is 38.1 Å². The molecule has 2 amide bonds. The number of hydrogen-bond donors (Lipinski definition) is 6. The summed E-state index contributed by atoms with van der Waals surface area (Å²) in [6, 6.07) is 5.26. The van der Waals surface area contributed by atoms with Gasteiger partial charge >= 0.3 is 0 Å². The van der Waals surface area contributed by atoms with Gasteiger partial charge in [-0.15, -0.1) is 0 Å². The average Bonchev–Trinajstić information content (AvgIpc) is 3.42. The van der Waals surface area contributed by atoms with Crippen molar-refractivity contribution < 1.29 is 25.0 Å². The second-order valence-electron chi connectivity index (χ2n) is 7.74. The molecular weight excluding hydrogens is 374 g/mol. The topological polar surface area (TPSA) is 145 Å². The highest BCUT2D eigenvalue weighted by molar-refractivity contribution is 5.97. The third kappa shape index (κ3) is 5.57. The zero-order valence-electron chi connectivity index (χ0n) is 16.3. The van der Waals surface area contributed by atoms with E-state index in [1.807, 2.05) is 0 Å². The molecule has 0 heterocycles. The van der Waals surface area contributed by atoms with Gasteiger partial charge in [-0.1, -0.05) is 11.8 Å². The quantitative estimate of drug-likeness (QED) is 0.214. The molecule has 8 heteroatoms. The van der Waals surface area contributed by atoms with Gasteiger partial charge in [0, 0.05) is 28.0 Å². The summed E-state index contributed by atoms with van der Waals surface area (Å²) in [4.78, 5) is 24.1. The van der Waals surface area contributed by atoms with Crippen LogP contribution in [0.15, 0.2) is 24.3 Å². The highest BCUT2D eigenvalue weighted by Gasteiger charge is 2.52. The number of hydrogen-bond acceptors (Lipinski definition) is 6. The molecule has 0 aromatic heterocycles. The van der Waals surface area contributed by atoms with Gasteiger partial charge in [-0.05, 0) is 56.4 Å². The molecule has 1 aromatic carbocycles. The van der Waals surface area contributed by atoms with Gasteiger partial charge in [0.15, 0.2) is 0 Å². The molecule has 0 radical (unpaired) electrons. The Morgan fingerprint density at radius 2 is 1.86 bits per heavy atom. The Kier molecular flexibility index (Phi) is 7.02. The summed E-state index contributed by atoms with van der Waals surface area (Å²) in [5, 5.41) is 29.8. The van der Waals surface area contributed by atoms with Gasteiger partial charge < -0.3 is 21.3 Å². The molecule has 1 unspecified atom stereocenters. The highest BCUT2D eigenvalue weighted by Crippen LogP contribution is 2.51. The largest absolute Gasteiger partial charge is 0.396 e. The van der Waals surface area contributed by atoms with E-state index < -0.39 is 28.8 Å². The van der Waals surface area contributed by atoms with E-state index in [2.05, 4.69) is 29.0 Å². The van der Waals surface area contributed by atoms with E-state index in [-0.39, 0.29) is 19.1 Å². The number of hydroxylamine groups is 1. The molecule has 1 saturated carbocycles. The predicted octanol–water partition coefficient (Wildman–Crippen LogP) is -0.626. The Hall–Kier alpha value is -2.88. The van der Waals surface area contributed by atoms with Gasteiger partial charge in [-0.25, -0.2) is 5.48 Å². The normalized spacial score (nSPS) is 17.7. The second-order valence-corrected chi connectivity index (χ2v) is 7.74. The third-order valence-corrected chi connectivity index (χ3v) is 4.87. The van der Waals surface area contributed by atoms with E-state index in [4.69, 9.17) is 10.9 Å². The number of benzene rings is 1. The van der Waals surface area contributed by atoms with Crippen molar-refractivity contribution in [2.45, 2.75) is 31.8 Å². The van der Waals surface area contributed by atoms with Crippen molar-refractivity contribution in [2.75, 3.05) is 13.2 Å². The Balaban J connectivity index is 2.01. The number of nitrogens with two attached hydrogens (primary N) is 1. The van der Waals surface area contributed by atoms with Crippen LogP contribution in [0.3, 0.4) is 0 Å². The first-order chi connectivity index (χ1) is 13.7. The van der Waals surface area contributed by atoms with Crippen molar-refractivity contribution in [2.24, 2.45) is 17.1 Å². The van der Waals surface area contributed by atoms with E-state index >= 15 is 0 Å². The van der Waals surface area contributed by atoms with Gasteiger partial charge in [-0.2, -0.15) is 0 Å². The molecule has 8 nitrogen and oxygen atoms in total. The van der Waals surface area contributed by atoms with E-state index in [1.165, 1.54) is 5.48 Å². The van der Waals surface area contributed by atoms with Gasteiger partial charge in [-0.3, -0.25) is 14.8 Å². The molecule has 0 aliphatic heterocycles. The predicted molar refractivity (Wildman–Crippen MR) is 105 cm³/mol. The Morgan fingerprint density at radius 1 is 1.24 bits per heavy atom. The first kappa shape index (κ1) is 22.4. The van der Waals surface area contributed by atoms with E-state index in [0.29, 0.717) is 17.5 Å². The van der Waals surface area contributed by atoms with E-state index in [0.717, 1.165) is 0 Å². The lowest BCUT2D eigenvalue weighted by Gasteiger charge is -2.29. The molecule has 1 aliphatic rings. The second kappa shape index (κ2) is 9.08. The number of aliphatic hydroxyl groups excluding tert-OH is 2. The van der Waals surface area contributed by atoms with Crippen LogP contribution in [-0.4, -0.2) is 52.0 Å². The van der Waals surface area contributed by atoms with Crippen LogP contribution in [0.2, 0.25) is 0 Å². The van der Waals surface area contributed by atoms with Crippen LogP contribution >= 0.6 is 0 Å². The lowest BCUT2D eigenvalue weighted by atomic mass is 9.95. The van der Waals surface area contributed by atoms with Crippen molar-refractivity contribution in [3.05, 3.63) is 35.4 Å². The van der Waals surface area contributed by atoms with Gasteiger partial charge in [0.2, 0.25) is 0 Å². The fourth-order valence-corrected chi connectivity index (χ4v) is 2.75. The number of carbonyl (C=O) groups excluding carboxylic acids is 2. The molecular formula is C21H25N3O5. The maximum atomic E-state index is 12.4. The molecule has 1 aromatic rings. The van der Waals surface area contributed by atoms with Crippen molar-refractivity contribution in [3.8, 4) is 23.7 Å². The summed E-state index contributed by atoms with van der Waals surface area (Å²) >= 11 is 0. The van der Waals surface area contributed by atoms with Crippen LogP contribution in [0.1, 0.15) is 36.2 Å². The van der Waals surface area contributed by atoms with Crippen LogP contribution in [0.25, 0.3) is 0 Å². The van der Waals surface area contributed by atoms with Crippen LogP contribution in [0.5, 0.6) is 0 Å². The van der Waals surface area contributed by atoms with Gasteiger partial charge in [0.05, 0.1) is 13.2 Å². The minimum atomic E-state index is -1.12. The van der Waals surface area contributed by atoms with Gasteiger partial charge in [0.1, 0.15) is 6.04 Å². The summed E-state index contributed by atoms with van der Waals surface area (Å²) in [6.45, 7) is 2.92. The van der Waals surface area contributed by atoms with Crippen LogP contribution in [0.4, 0.5) is 0 Å². The molecule has 2 rings (SSSR count). The summed E-state index contributed by atoms with van der Waals surface area (Å²) in [5.41, 5.74) is 6.75. The first-order valence-electron chi connectivity index (χ1n) is 9.04.